The van der Waals surface area contributed by atoms with Crippen molar-refractivity contribution in [1.82, 2.24) is 14.7 Å². The summed E-state index contributed by atoms with van der Waals surface area (Å²) in [7, 11) is 0. The molecular formula is C59H86Cl3N5O12. The first-order chi connectivity index (χ1) is 37.1. The topological polar surface area (TPSA) is 212 Å². The van der Waals surface area contributed by atoms with Crippen LogP contribution in [0.4, 0.5) is 14.4 Å². The van der Waals surface area contributed by atoms with E-state index in [-0.39, 0.29) is 67.6 Å². The minimum absolute atomic E-state index is 0.0223. The number of likely N-dealkylation sites (tertiary alicyclic amines) is 3. The zero-order chi connectivity index (χ0) is 58.5. The van der Waals surface area contributed by atoms with Gasteiger partial charge in [0.2, 0.25) is 5.91 Å². The molecular weight excluding hydrogens is 1080 g/mol. The molecule has 440 valence electrons. The van der Waals surface area contributed by atoms with E-state index >= 15 is 0 Å². The zero-order valence-electron chi connectivity index (χ0n) is 47.9. The monoisotopic (exact) mass is 1160 g/mol. The van der Waals surface area contributed by atoms with E-state index in [4.69, 9.17) is 79.4 Å². The lowest BCUT2D eigenvalue weighted by atomic mass is 9.88. The van der Waals surface area contributed by atoms with E-state index < -0.39 is 28.7 Å². The van der Waals surface area contributed by atoms with E-state index in [1.807, 2.05) is 123 Å². The van der Waals surface area contributed by atoms with E-state index in [0.29, 0.717) is 74.1 Å². The number of hydrogen-bond donors (Lipinski definition) is 2. The van der Waals surface area contributed by atoms with Crippen molar-refractivity contribution in [3.8, 4) is 0 Å². The highest BCUT2D eigenvalue weighted by molar-refractivity contribution is 6.31. The summed E-state index contributed by atoms with van der Waals surface area (Å²) in [5.41, 5.74) is 12.1. The molecule has 6 rings (SSSR count). The number of rotatable bonds is 16. The van der Waals surface area contributed by atoms with Gasteiger partial charge in [-0.25, -0.2) is 19.2 Å². The number of nitrogens with two attached hydrogens (primary N) is 2. The van der Waals surface area contributed by atoms with Crippen molar-refractivity contribution < 1.29 is 57.1 Å². The van der Waals surface area contributed by atoms with E-state index in [2.05, 4.69) is 0 Å². The average Bonchev–Trinajstić information content (AvgIpc) is 3.38. The summed E-state index contributed by atoms with van der Waals surface area (Å²) < 4.78 is 39.3. The molecule has 3 aromatic carbocycles. The van der Waals surface area contributed by atoms with Crippen molar-refractivity contribution >= 4 is 65.0 Å². The van der Waals surface area contributed by atoms with Gasteiger partial charge in [0.15, 0.2) is 0 Å². The van der Waals surface area contributed by atoms with Crippen molar-refractivity contribution in [3.05, 3.63) is 105 Å². The van der Waals surface area contributed by atoms with Crippen LogP contribution in [0, 0.1) is 17.8 Å². The molecule has 3 aromatic rings. The Balaban J connectivity index is 0.000000256. The predicted octanol–water partition coefficient (Wildman–Crippen LogP) is 12.1. The van der Waals surface area contributed by atoms with Crippen LogP contribution < -0.4 is 11.5 Å². The van der Waals surface area contributed by atoms with Gasteiger partial charge in [-0.15, -0.1) is 0 Å². The number of esters is 1. The fraction of sp³-hybridized carbons (Fsp3) is 0.610. The first-order valence-corrected chi connectivity index (χ1v) is 28.5. The van der Waals surface area contributed by atoms with Gasteiger partial charge in [-0.05, 0) is 161 Å². The van der Waals surface area contributed by atoms with Crippen LogP contribution in [0.2, 0.25) is 15.1 Å². The molecule has 0 radical (unpaired) electrons. The molecule has 0 spiro atoms. The van der Waals surface area contributed by atoms with Crippen molar-refractivity contribution in [3.63, 3.8) is 0 Å². The number of amides is 4. The van der Waals surface area contributed by atoms with Crippen LogP contribution in [-0.4, -0.2) is 134 Å². The number of primary amides is 1. The number of ether oxygens (including phenoxy) is 7. The van der Waals surface area contributed by atoms with Gasteiger partial charge >= 0.3 is 24.2 Å². The molecule has 0 aromatic heterocycles. The van der Waals surface area contributed by atoms with Crippen LogP contribution in [0.15, 0.2) is 72.8 Å². The van der Waals surface area contributed by atoms with Gasteiger partial charge in [0, 0.05) is 78.6 Å². The van der Waals surface area contributed by atoms with Gasteiger partial charge in [-0.3, -0.25) is 4.79 Å². The summed E-state index contributed by atoms with van der Waals surface area (Å²) in [4.78, 5) is 65.5. The highest BCUT2D eigenvalue weighted by Gasteiger charge is 2.37. The normalized spacial score (nSPS) is 19.0. The van der Waals surface area contributed by atoms with Gasteiger partial charge in [0.25, 0.3) is 0 Å². The van der Waals surface area contributed by atoms with E-state index in [9.17, 15) is 24.0 Å². The number of benzene rings is 3. The van der Waals surface area contributed by atoms with E-state index in [1.165, 1.54) is 0 Å². The smallest absolute Gasteiger partial charge is 0.410 e. The number of piperidine rings is 3. The molecule has 0 aliphatic carbocycles. The van der Waals surface area contributed by atoms with E-state index in [0.717, 1.165) is 55.2 Å². The molecule has 3 saturated heterocycles. The van der Waals surface area contributed by atoms with E-state index in [1.54, 1.807) is 33.8 Å². The van der Waals surface area contributed by atoms with Crippen LogP contribution in [0.1, 0.15) is 143 Å². The molecule has 17 nitrogen and oxygen atoms in total. The minimum Gasteiger partial charge on any atom is -0.464 e. The molecule has 3 aliphatic rings. The summed E-state index contributed by atoms with van der Waals surface area (Å²) >= 11 is 18.4. The Morgan fingerprint density at radius 3 is 1.16 bits per heavy atom. The maximum absolute atomic E-state index is 12.5. The van der Waals surface area contributed by atoms with Crippen LogP contribution in [0.3, 0.4) is 0 Å². The number of nitrogens with zero attached hydrogens (tertiary/aromatic N) is 3. The second-order valence-electron chi connectivity index (χ2n) is 23.0. The molecule has 3 fully saturated rings. The Kier molecular flexibility index (Phi) is 26.9. The van der Waals surface area contributed by atoms with Crippen LogP contribution in [0.25, 0.3) is 0 Å². The van der Waals surface area contributed by atoms with Crippen LogP contribution in [-0.2, 0) is 42.7 Å². The summed E-state index contributed by atoms with van der Waals surface area (Å²) in [5.74, 6) is -0.708. The Morgan fingerprint density at radius 1 is 0.544 bits per heavy atom. The van der Waals surface area contributed by atoms with Crippen molar-refractivity contribution in [2.75, 3.05) is 72.2 Å². The SMILES string of the molecule is CC(C)(C)OC(=O)N1CCC[C@H]([C@H](OCC(N)=O)c2cccc(Cl)c2)C1.CC(C)(C)OC(=O)N1CCC[C@H]([C@H](OCCN)c2cccc(Cl)c2)C1.CCOC(=O)CO[C@H](c1cccc(Cl)c1)[C@H]1CCCN(C(=O)OC(C)(C)C)C1. The molecule has 3 aliphatic heterocycles. The molecule has 3 heterocycles. The number of carbonyl (C=O) groups excluding carboxylic acids is 5. The van der Waals surface area contributed by atoms with Gasteiger partial charge in [0.1, 0.15) is 30.0 Å². The summed E-state index contributed by atoms with van der Waals surface area (Å²) in [5, 5.41) is 1.87. The Hall–Kier alpha value is -4.88. The highest BCUT2D eigenvalue weighted by atomic mass is 35.5. The lowest BCUT2D eigenvalue weighted by Crippen LogP contribution is -2.44. The quantitative estimate of drug-likeness (QED) is 0.101. The lowest BCUT2D eigenvalue weighted by molar-refractivity contribution is -0.152. The van der Waals surface area contributed by atoms with Gasteiger partial charge in [0.05, 0.1) is 31.5 Å². The molecule has 0 unspecified atom stereocenters. The number of carbonyl (C=O) groups is 5. The summed E-state index contributed by atoms with van der Waals surface area (Å²) in [6, 6.07) is 22.5. The Bertz CT molecular complexity index is 2410. The van der Waals surface area contributed by atoms with Crippen molar-refractivity contribution in [1.29, 1.82) is 0 Å². The third kappa shape index (κ3) is 24.4. The minimum atomic E-state index is -0.545. The number of halogens is 3. The fourth-order valence-electron chi connectivity index (χ4n) is 9.54. The highest BCUT2D eigenvalue weighted by Crippen LogP contribution is 2.37. The standard InChI is InChI=1S/C21H30ClNO5.C19H27ClN2O4.C19H29ClN2O3/c1-5-26-18(24)14-27-19(15-8-6-10-17(22)12-15)16-9-7-11-23(13-16)20(25)28-21(2,3)4;1-19(2,3)26-18(24)22-9-5-7-14(11-22)17(25-12-16(21)23)13-6-4-8-15(20)10-13;1-19(2,3)25-18(23)22-10-5-7-15(13-22)17(24-11-9-21)14-6-4-8-16(20)12-14/h6,8,10,12,16,19H,5,7,9,11,13-14H2,1-4H3;4,6,8,10,14,17H,5,7,9,11-12H2,1-3H3,(H2,21,23);4,6,8,12,15,17H,5,7,9-11,13,21H2,1-3H3/t16-,19+;14-,17+;15-,17+/m000/s1. The maximum atomic E-state index is 12.5. The second-order valence-corrected chi connectivity index (χ2v) is 24.3. The zero-order valence-corrected chi connectivity index (χ0v) is 50.2. The molecule has 79 heavy (non-hydrogen) atoms. The maximum Gasteiger partial charge on any atom is 0.410 e. The van der Waals surface area contributed by atoms with Gasteiger partial charge in [-0.1, -0.05) is 71.2 Å². The Labute approximate surface area is 483 Å². The lowest BCUT2D eigenvalue weighted by Gasteiger charge is -2.37. The largest absolute Gasteiger partial charge is 0.464 e. The van der Waals surface area contributed by atoms with Gasteiger partial charge < -0.3 is 59.3 Å². The predicted molar refractivity (Wildman–Crippen MR) is 307 cm³/mol. The summed E-state index contributed by atoms with van der Waals surface area (Å²) in [6.07, 6.45) is 3.54. The van der Waals surface area contributed by atoms with Crippen molar-refractivity contribution in [2.24, 2.45) is 29.2 Å². The molecule has 4 amide bonds. The molecule has 4 N–H and O–H groups in total. The van der Waals surface area contributed by atoms with Crippen molar-refractivity contribution in [2.45, 2.75) is 143 Å². The second kappa shape index (κ2) is 31.9. The van der Waals surface area contributed by atoms with Gasteiger partial charge in [-0.2, -0.15) is 0 Å². The van der Waals surface area contributed by atoms with Crippen LogP contribution in [0.5, 0.6) is 0 Å². The first kappa shape index (κ1) is 66.6. The first-order valence-electron chi connectivity index (χ1n) is 27.3. The fourth-order valence-corrected chi connectivity index (χ4v) is 10.1. The number of hydrogen-bond acceptors (Lipinski definition) is 13. The molecule has 6 atom stereocenters. The third-order valence-corrected chi connectivity index (χ3v) is 13.4. The Morgan fingerprint density at radius 2 is 0.873 bits per heavy atom. The van der Waals surface area contributed by atoms with Crippen LogP contribution >= 0.6 is 34.8 Å². The molecule has 0 saturated carbocycles. The molecule has 0 bridgehead atoms. The average molecular weight is 1160 g/mol. The molecule has 20 heteroatoms. The third-order valence-electron chi connectivity index (χ3n) is 12.7. The summed E-state index contributed by atoms with van der Waals surface area (Å²) in [6.45, 7) is 23.0.